The molecule has 2 aliphatic rings. The van der Waals surface area contributed by atoms with Crippen molar-refractivity contribution >= 4 is 53.2 Å². The summed E-state index contributed by atoms with van der Waals surface area (Å²) in [6.07, 6.45) is 6.97. The van der Waals surface area contributed by atoms with Crippen LogP contribution in [0.1, 0.15) is 137 Å². The summed E-state index contributed by atoms with van der Waals surface area (Å²) in [5.74, 6) is -5.64. The van der Waals surface area contributed by atoms with E-state index in [1.165, 1.54) is 56.9 Å². The third kappa shape index (κ3) is 17.9. The molecule has 1 aromatic carbocycles. The lowest BCUT2D eigenvalue weighted by molar-refractivity contribution is -0.138. The molecule has 3 rings (SSSR count). The molecular formula is C50H81FN10O9. The Morgan fingerprint density at radius 2 is 1.29 bits per heavy atom. The van der Waals surface area contributed by atoms with E-state index in [4.69, 9.17) is 0 Å². The van der Waals surface area contributed by atoms with Crippen LogP contribution in [0.4, 0.5) is 4.39 Å². The second kappa shape index (κ2) is 25.5. The second-order valence-electron chi connectivity index (χ2n) is 21.9. The Morgan fingerprint density at radius 3 is 1.89 bits per heavy atom. The molecule has 0 bridgehead atoms. The maximum atomic E-state index is 14.1. The Bertz CT molecular complexity index is 2030. The fourth-order valence-electron chi connectivity index (χ4n) is 8.60. The summed E-state index contributed by atoms with van der Waals surface area (Å²) in [6.45, 7) is 16.4. The quantitative estimate of drug-likeness (QED) is 0.0748. The molecule has 19 nitrogen and oxygen atoms in total. The van der Waals surface area contributed by atoms with Crippen LogP contribution in [0.2, 0.25) is 0 Å². The predicted octanol–water partition coefficient (Wildman–Crippen LogP) is 2.04. The average Bonchev–Trinajstić information content (AvgIpc) is 3.59. The summed E-state index contributed by atoms with van der Waals surface area (Å²) in [5.41, 5.74) is -4.80. The van der Waals surface area contributed by atoms with E-state index in [0.29, 0.717) is 38.3 Å². The zero-order chi connectivity index (χ0) is 52.8. The highest BCUT2D eigenvalue weighted by atomic mass is 19.1. The number of benzene rings is 1. The molecule has 392 valence electrons. The number of likely N-dealkylation sites (tertiary alicyclic amines) is 1. The zero-order valence-electron chi connectivity index (χ0n) is 43.5. The van der Waals surface area contributed by atoms with Gasteiger partial charge in [0.05, 0.1) is 13.1 Å². The van der Waals surface area contributed by atoms with Gasteiger partial charge in [0.25, 0.3) is 5.91 Å². The van der Waals surface area contributed by atoms with E-state index in [0.717, 1.165) is 32.1 Å². The standard InChI is InChI=1S/C50H81FN10O9/c1-31(2)28-36(41(65)58-50(9,10)46(70)59-49(7,8)44(68)52-25-27-60(11)12)55-37(62)29-54-45(69)48(5,6)57-38(63)30-53-40(64)35(23-18-32-16-14-13-15-17-32)56-42(66)39-47(3,4)24-26-61(39)43(67)33-19-21-34(51)22-20-33/h19-22,31-32,35-36,39H,13-18,23-30H2,1-12H3,(H,52,68)(H,53,64)(H,54,69)(H,55,62)(H,56,66)(H,57,63)(H,58,65)(H,59,70). The highest BCUT2D eigenvalue weighted by Crippen LogP contribution is 2.37. The van der Waals surface area contributed by atoms with Crippen molar-refractivity contribution in [2.75, 3.05) is 46.8 Å². The number of hydrogen-bond acceptors (Lipinski definition) is 10. The van der Waals surface area contributed by atoms with Gasteiger partial charge in [-0.05, 0) is 123 Å². The molecule has 1 aromatic rings. The Labute approximate surface area is 413 Å². The number of nitrogens with one attached hydrogen (secondary N) is 8. The zero-order valence-corrected chi connectivity index (χ0v) is 43.5. The Morgan fingerprint density at radius 1 is 0.714 bits per heavy atom. The van der Waals surface area contributed by atoms with Gasteiger partial charge in [-0.15, -0.1) is 0 Å². The lowest BCUT2D eigenvalue weighted by Crippen LogP contribution is -2.64. The van der Waals surface area contributed by atoms with E-state index < -0.39 is 112 Å². The monoisotopic (exact) mass is 985 g/mol. The summed E-state index contributed by atoms with van der Waals surface area (Å²) in [7, 11) is 3.73. The Hall–Kier alpha value is -5.66. The maximum Gasteiger partial charge on any atom is 0.254 e. The van der Waals surface area contributed by atoms with Gasteiger partial charge >= 0.3 is 0 Å². The van der Waals surface area contributed by atoms with Crippen LogP contribution in [0.25, 0.3) is 0 Å². The highest BCUT2D eigenvalue weighted by molar-refractivity contribution is 6.00. The normalized spacial score (nSPS) is 17.2. The summed E-state index contributed by atoms with van der Waals surface area (Å²) < 4.78 is 13.7. The molecule has 2 fully saturated rings. The van der Waals surface area contributed by atoms with Gasteiger partial charge in [-0.3, -0.25) is 43.2 Å². The van der Waals surface area contributed by atoms with Crippen LogP contribution in [-0.2, 0) is 38.4 Å². The maximum absolute atomic E-state index is 14.1. The first-order chi connectivity index (χ1) is 32.4. The lowest BCUT2D eigenvalue weighted by atomic mass is 9.83. The number of hydrogen-bond donors (Lipinski definition) is 8. The average molecular weight is 985 g/mol. The van der Waals surface area contributed by atoms with E-state index in [1.54, 1.807) is 13.8 Å². The molecule has 9 amide bonds. The van der Waals surface area contributed by atoms with Gasteiger partial charge in [-0.25, -0.2) is 4.39 Å². The van der Waals surface area contributed by atoms with Gasteiger partial charge in [0.2, 0.25) is 47.3 Å². The van der Waals surface area contributed by atoms with Crippen LogP contribution in [-0.4, -0.2) is 145 Å². The van der Waals surface area contributed by atoms with Crippen LogP contribution < -0.4 is 42.5 Å². The first-order valence-electron chi connectivity index (χ1n) is 24.6. The molecule has 8 N–H and O–H groups in total. The third-order valence-electron chi connectivity index (χ3n) is 12.9. The van der Waals surface area contributed by atoms with Crippen molar-refractivity contribution in [2.24, 2.45) is 17.3 Å². The number of halogens is 1. The fraction of sp³-hybridized carbons (Fsp3) is 0.700. The molecule has 3 unspecified atom stereocenters. The minimum absolute atomic E-state index is 0.0695. The van der Waals surface area contributed by atoms with Crippen LogP contribution in [0, 0.1) is 23.1 Å². The van der Waals surface area contributed by atoms with E-state index in [2.05, 4.69) is 42.5 Å². The van der Waals surface area contributed by atoms with Crippen LogP contribution >= 0.6 is 0 Å². The Kier molecular flexibility index (Phi) is 21.3. The van der Waals surface area contributed by atoms with E-state index in [-0.39, 0.29) is 24.4 Å². The lowest BCUT2D eigenvalue weighted by Gasteiger charge is -2.33. The summed E-state index contributed by atoms with van der Waals surface area (Å²) in [6, 6.07) is 2.03. The van der Waals surface area contributed by atoms with E-state index in [1.807, 2.05) is 46.7 Å². The predicted molar refractivity (Wildman–Crippen MR) is 263 cm³/mol. The Balaban J connectivity index is 1.60. The van der Waals surface area contributed by atoms with Crippen LogP contribution in [0.5, 0.6) is 0 Å². The summed E-state index contributed by atoms with van der Waals surface area (Å²) in [4.78, 5) is 124. The van der Waals surface area contributed by atoms with E-state index in [9.17, 15) is 47.5 Å². The molecule has 3 atom stereocenters. The summed E-state index contributed by atoms with van der Waals surface area (Å²) >= 11 is 0. The van der Waals surface area contributed by atoms with Crippen LogP contribution in [0.3, 0.4) is 0 Å². The molecule has 1 saturated carbocycles. The van der Waals surface area contributed by atoms with Gasteiger partial charge in [0.1, 0.15) is 40.6 Å². The van der Waals surface area contributed by atoms with Gasteiger partial charge in [0, 0.05) is 25.2 Å². The number of nitrogens with zero attached hydrogens (tertiary/aromatic N) is 2. The molecule has 1 aliphatic heterocycles. The molecule has 0 radical (unpaired) electrons. The SMILES string of the molecule is CC(C)CC(NC(=O)CNC(=O)C(C)(C)NC(=O)CNC(=O)C(CCC1CCCCC1)NC(=O)C1N(C(=O)c2ccc(F)cc2)CCC1(C)C)C(=O)NC(C)(C)C(=O)NC(C)(C)C(=O)NCCN(C)C. The number of likely N-dealkylation sites (N-methyl/N-ethyl adjacent to an activating group) is 1. The number of rotatable bonds is 24. The number of carbonyl (C=O) groups is 9. The second-order valence-corrected chi connectivity index (χ2v) is 21.9. The summed E-state index contributed by atoms with van der Waals surface area (Å²) in [5, 5.41) is 21.3. The highest BCUT2D eigenvalue weighted by Gasteiger charge is 2.48. The molecule has 0 spiro atoms. The minimum Gasteiger partial charge on any atom is -0.353 e. The molecule has 70 heavy (non-hydrogen) atoms. The van der Waals surface area contributed by atoms with Gasteiger partial charge < -0.3 is 52.3 Å². The van der Waals surface area contributed by atoms with Crippen LogP contribution in [0.15, 0.2) is 24.3 Å². The van der Waals surface area contributed by atoms with Crippen molar-refractivity contribution in [3.63, 3.8) is 0 Å². The third-order valence-corrected chi connectivity index (χ3v) is 12.9. The first kappa shape index (κ1) is 58.7. The van der Waals surface area contributed by atoms with Crippen molar-refractivity contribution < 1.29 is 47.5 Å². The molecular weight excluding hydrogens is 904 g/mol. The molecule has 1 aliphatic carbocycles. The van der Waals surface area contributed by atoms with Gasteiger partial charge in [-0.1, -0.05) is 59.8 Å². The minimum atomic E-state index is -1.58. The van der Waals surface area contributed by atoms with Crippen molar-refractivity contribution in [1.82, 2.24) is 52.3 Å². The first-order valence-corrected chi connectivity index (χ1v) is 24.6. The number of carbonyl (C=O) groups excluding carboxylic acids is 9. The largest absolute Gasteiger partial charge is 0.353 e. The number of amides is 9. The fourth-order valence-corrected chi connectivity index (χ4v) is 8.60. The van der Waals surface area contributed by atoms with Crippen molar-refractivity contribution in [1.29, 1.82) is 0 Å². The van der Waals surface area contributed by atoms with E-state index >= 15 is 0 Å². The van der Waals surface area contributed by atoms with Crippen molar-refractivity contribution in [2.45, 2.75) is 162 Å². The van der Waals surface area contributed by atoms with Crippen molar-refractivity contribution in [3.8, 4) is 0 Å². The van der Waals surface area contributed by atoms with Gasteiger partial charge in [0.15, 0.2) is 0 Å². The molecule has 0 aromatic heterocycles. The molecule has 1 heterocycles. The molecule has 20 heteroatoms. The van der Waals surface area contributed by atoms with Gasteiger partial charge in [-0.2, -0.15) is 0 Å². The molecule has 1 saturated heterocycles. The van der Waals surface area contributed by atoms with Crippen molar-refractivity contribution in [3.05, 3.63) is 35.6 Å². The smallest absolute Gasteiger partial charge is 0.254 e. The topological polar surface area (TPSA) is 256 Å².